The molecule has 0 aromatic carbocycles. The molecular weight excluding hydrogens is 150 g/mol. The molecule has 66 valence electrons. The molecule has 1 aliphatic rings. The van der Waals surface area contributed by atoms with Crippen molar-refractivity contribution >= 4 is 0 Å². The molecule has 5 heteroatoms. The van der Waals surface area contributed by atoms with Crippen LogP contribution >= 0.6 is 0 Å². The summed E-state index contributed by atoms with van der Waals surface area (Å²) in [4.78, 5) is 0. The molecule has 0 unspecified atom stereocenters. The first-order valence-electron chi connectivity index (χ1n) is 3.49. The van der Waals surface area contributed by atoms with E-state index in [0.717, 1.165) is 0 Å². The minimum Gasteiger partial charge on any atom is -0.388 e. The second-order valence-corrected chi connectivity index (χ2v) is 2.79. The number of aliphatic hydroxyl groups excluding tert-OH is 3. The quantitative estimate of drug-likeness (QED) is 0.324. The highest BCUT2D eigenvalue weighted by Crippen LogP contribution is 2.17. The van der Waals surface area contributed by atoms with Gasteiger partial charge in [-0.3, -0.25) is 0 Å². The molecule has 0 radical (unpaired) electrons. The number of nitrogens with two attached hydrogens (primary N) is 1. The Hall–Kier alpha value is -0.200. The summed E-state index contributed by atoms with van der Waals surface area (Å²) in [6.45, 7) is 1.63. The molecule has 0 saturated carbocycles. The maximum atomic E-state index is 9.17. The van der Waals surface area contributed by atoms with Crippen molar-refractivity contribution in [1.29, 1.82) is 0 Å². The molecule has 0 aromatic rings. The van der Waals surface area contributed by atoms with Gasteiger partial charge >= 0.3 is 0 Å². The molecule has 1 rings (SSSR count). The van der Waals surface area contributed by atoms with Crippen molar-refractivity contribution in [3.8, 4) is 0 Å². The number of hydrogen-bond acceptors (Lipinski definition) is 5. The van der Waals surface area contributed by atoms with Crippen molar-refractivity contribution in [3.05, 3.63) is 0 Å². The highest BCUT2D eigenvalue weighted by atomic mass is 16.6. The molecule has 0 spiro atoms. The van der Waals surface area contributed by atoms with E-state index < -0.39 is 30.6 Å². The van der Waals surface area contributed by atoms with Crippen LogP contribution in [0.3, 0.4) is 0 Å². The monoisotopic (exact) mass is 163 g/mol. The third kappa shape index (κ3) is 1.52. The van der Waals surface area contributed by atoms with Crippen LogP contribution in [-0.4, -0.2) is 46.0 Å². The summed E-state index contributed by atoms with van der Waals surface area (Å²) in [6.07, 6.45) is -4.20. The molecule has 11 heavy (non-hydrogen) atoms. The Morgan fingerprint density at radius 3 is 2.27 bits per heavy atom. The molecule has 0 amide bonds. The highest BCUT2D eigenvalue weighted by Gasteiger charge is 2.39. The van der Waals surface area contributed by atoms with Gasteiger partial charge in [0.25, 0.3) is 0 Å². The molecule has 1 fully saturated rings. The van der Waals surface area contributed by atoms with E-state index in [1.807, 2.05) is 0 Å². The Morgan fingerprint density at radius 1 is 1.18 bits per heavy atom. The maximum Gasteiger partial charge on any atom is 0.183 e. The van der Waals surface area contributed by atoms with Gasteiger partial charge in [0.15, 0.2) is 6.29 Å². The van der Waals surface area contributed by atoms with Crippen LogP contribution < -0.4 is 5.73 Å². The molecule has 0 aliphatic carbocycles. The average Bonchev–Trinajstić information content (AvgIpc) is 1.97. The summed E-state index contributed by atoms with van der Waals surface area (Å²) in [6, 6.07) is -0.645. The highest BCUT2D eigenvalue weighted by molar-refractivity contribution is 4.89. The molecule has 5 nitrogen and oxygen atoms in total. The van der Waals surface area contributed by atoms with E-state index in [1.165, 1.54) is 0 Å². The molecule has 1 aliphatic heterocycles. The third-order valence-corrected chi connectivity index (χ3v) is 1.93. The van der Waals surface area contributed by atoms with Crippen molar-refractivity contribution in [2.24, 2.45) is 5.73 Å². The lowest BCUT2D eigenvalue weighted by Crippen LogP contribution is -2.60. The van der Waals surface area contributed by atoms with Crippen LogP contribution in [0.1, 0.15) is 6.92 Å². The molecule has 5 atom stereocenters. The second kappa shape index (κ2) is 3.04. The van der Waals surface area contributed by atoms with E-state index >= 15 is 0 Å². The number of ether oxygens (including phenoxy) is 1. The van der Waals surface area contributed by atoms with Gasteiger partial charge in [0.05, 0.1) is 12.1 Å². The van der Waals surface area contributed by atoms with Gasteiger partial charge in [0.1, 0.15) is 12.2 Å². The fourth-order valence-electron chi connectivity index (χ4n) is 1.07. The normalized spacial score (nSPS) is 52.6. The fourth-order valence-corrected chi connectivity index (χ4v) is 1.07. The SMILES string of the molecule is C[C@@H]1O[C@@H](O)[C@H](O)[C@H](O)[C@H]1N. The van der Waals surface area contributed by atoms with Gasteiger partial charge in [0.2, 0.25) is 0 Å². The van der Waals surface area contributed by atoms with Gasteiger partial charge in [-0.2, -0.15) is 0 Å². The maximum absolute atomic E-state index is 9.17. The van der Waals surface area contributed by atoms with Gasteiger partial charge in [-0.15, -0.1) is 0 Å². The number of hydrogen-bond donors (Lipinski definition) is 4. The van der Waals surface area contributed by atoms with E-state index in [0.29, 0.717) is 0 Å². The van der Waals surface area contributed by atoms with E-state index in [4.69, 9.17) is 20.7 Å². The Morgan fingerprint density at radius 2 is 1.73 bits per heavy atom. The van der Waals surface area contributed by atoms with Crippen molar-refractivity contribution in [1.82, 2.24) is 0 Å². The van der Waals surface area contributed by atoms with Crippen molar-refractivity contribution in [3.63, 3.8) is 0 Å². The summed E-state index contributed by atoms with van der Waals surface area (Å²) in [5.41, 5.74) is 5.43. The van der Waals surface area contributed by atoms with Gasteiger partial charge in [-0.25, -0.2) is 0 Å². The van der Waals surface area contributed by atoms with Crippen LogP contribution in [0.5, 0.6) is 0 Å². The summed E-state index contributed by atoms with van der Waals surface area (Å²) < 4.78 is 4.80. The predicted octanol–water partition coefficient (Wildman–Crippen LogP) is -2.23. The van der Waals surface area contributed by atoms with Gasteiger partial charge in [-0.1, -0.05) is 0 Å². The first-order chi connectivity index (χ1) is 5.04. The van der Waals surface area contributed by atoms with Crippen molar-refractivity contribution in [2.45, 2.75) is 37.6 Å². The van der Waals surface area contributed by atoms with E-state index in [2.05, 4.69) is 0 Å². The van der Waals surface area contributed by atoms with Gasteiger partial charge in [-0.05, 0) is 6.92 Å². The first kappa shape index (κ1) is 8.89. The largest absolute Gasteiger partial charge is 0.388 e. The molecule has 0 aromatic heterocycles. The van der Waals surface area contributed by atoms with Crippen molar-refractivity contribution < 1.29 is 20.1 Å². The second-order valence-electron chi connectivity index (χ2n) is 2.79. The van der Waals surface area contributed by atoms with Gasteiger partial charge < -0.3 is 25.8 Å². The molecule has 5 N–H and O–H groups in total. The number of rotatable bonds is 0. The van der Waals surface area contributed by atoms with Crippen LogP contribution in [0.25, 0.3) is 0 Å². The average molecular weight is 163 g/mol. The van der Waals surface area contributed by atoms with Crippen LogP contribution in [0.15, 0.2) is 0 Å². The smallest absolute Gasteiger partial charge is 0.183 e. The Bertz CT molecular complexity index is 129. The summed E-state index contributed by atoms with van der Waals surface area (Å²) in [5, 5.41) is 27.1. The minimum absolute atomic E-state index is 0.441. The lowest BCUT2D eigenvalue weighted by Gasteiger charge is -2.37. The predicted molar refractivity (Wildman–Crippen MR) is 36.5 cm³/mol. The lowest BCUT2D eigenvalue weighted by molar-refractivity contribution is -0.249. The summed E-state index contributed by atoms with van der Waals surface area (Å²) in [5.74, 6) is 0. The van der Waals surface area contributed by atoms with E-state index in [9.17, 15) is 5.11 Å². The van der Waals surface area contributed by atoms with E-state index in [1.54, 1.807) is 6.92 Å². The van der Waals surface area contributed by atoms with Gasteiger partial charge in [0, 0.05) is 0 Å². The van der Waals surface area contributed by atoms with Crippen LogP contribution in [0.4, 0.5) is 0 Å². The van der Waals surface area contributed by atoms with Crippen LogP contribution in [0, 0.1) is 0 Å². The van der Waals surface area contributed by atoms with Crippen LogP contribution in [0.2, 0.25) is 0 Å². The first-order valence-corrected chi connectivity index (χ1v) is 3.49. The zero-order valence-electron chi connectivity index (χ0n) is 6.21. The summed E-state index contributed by atoms with van der Waals surface area (Å²) >= 11 is 0. The van der Waals surface area contributed by atoms with Crippen LogP contribution in [-0.2, 0) is 4.74 Å². The molecular formula is C6H13NO4. The lowest BCUT2D eigenvalue weighted by atomic mass is 9.98. The Balaban J connectivity index is 2.63. The Labute approximate surface area is 64.4 Å². The topological polar surface area (TPSA) is 95.9 Å². The number of aliphatic hydroxyl groups is 3. The Kier molecular flexibility index (Phi) is 2.46. The summed E-state index contributed by atoms with van der Waals surface area (Å²) in [7, 11) is 0. The fraction of sp³-hybridized carbons (Fsp3) is 1.00. The molecule has 0 bridgehead atoms. The standard InChI is InChI=1S/C6H13NO4/c1-2-3(7)4(8)5(9)6(10)11-2/h2-6,8-10H,7H2,1H3/t2-,3-,4+,5+,6+/m0/s1. The zero-order chi connectivity index (χ0) is 8.59. The zero-order valence-corrected chi connectivity index (χ0v) is 6.21. The van der Waals surface area contributed by atoms with E-state index in [-0.39, 0.29) is 0 Å². The molecule has 1 saturated heterocycles. The van der Waals surface area contributed by atoms with Crippen molar-refractivity contribution in [2.75, 3.05) is 0 Å². The molecule has 1 heterocycles. The minimum atomic E-state index is -1.33. The third-order valence-electron chi connectivity index (χ3n) is 1.93.